The highest BCUT2D eigenvalue weighted by atomic mass is 35.5. The maximum atomic E-state index is 12.8. The van der Waals surface area contributed by atoms with Crippen LogP contribution in [0.3, 0.4) is 0 Å². The standard InChI is InChI=1S/C12H10ClF3N4O2/c1-6-3-11(18-19(6)2)17-9-5-8(13)7(12(14,15)16)4-10(9)20(21)22/h3-5H,1-2H3,(H,17,18). The van der Waals surface area contributed by atoms with E-state index in [0.29, 0.717) is 6.07 Å². The summed E-state index contributed by atoms with van der Waals surface area (Å²) in [4.78, 5) is 10.1. The number of hydrogen-bond acceptors (Lipinski definition) is 4. The van der Waals surface area contributed by atoms with E-state index in [1.165, 1.54) is 4.68 Å². The van der Waals surface area contributed by atoms with Crippen LogP contribution < -0.4 is 5.32 Å². The molecule has 118 valence electrons. The molecule has 1 aromatic carbocycles. The first kappa shape index (κ1) is 16.1. The summed E-state index contributed by atoms with van der Waals surface area (Å²) in [7, 11) is 1.66. The van der Waals surface area contributed by atoms with Gasteiger partial charge in [-0.3, -0.25) is 14.8 Å². The third-order valence-corrected chi connectivity index (χ3v) is 3.28. The molecule has 1 N–H and O–H groups in total. The number of nitro groups is 1. The van der Waals surface area contributed by atoms with Crippen molar-refractivity contribution in [3.8, 4) is 0 Å². The van der Waals surface area contributed by atoms with Gasteiger partial charge >= 0.3 is 6.18 Å². The van der Waals surface area contributed by atoms with Gasteiger partial charge in [0.2, 0.25) is 0 Å². The molecule has 10 heteroatoms. The lowest BCUT2D eigenvalue weighted by Gasteiger charge is -2.11. The third-order valence-electron chi connectivity index (χ3n) is 2.96. The van der Waals surface area contributed by atoms with Crippen molar-refractivity contribution in [2.24, 2.45) is 7.05 Å². The molecule has 1 heterocycles. The van der Waals surface area contributed by atoms with Crippen molar-refractivity contribution in [2.75, 3.05) is 5.32 Å². The lowest BCUT2D eigenvalue weighted by molar-refractivity contribution is -0.384. The molecule has 0 fully saturated rings. The van der Waals surface area contributed by atoms with Crippen molar-refractivity contribution >= 4 is 28.8 Å². The van der Waals surface area contributed by atoms with Crippen molar-refractivity contribution in [1.82, 2.24) is 9.78 Å². The molecule has 0 aliphatic rings. The highest BCUT2D eigenvalue weighted by molar-refractivity contribution is 6.31. The number of hydrogen-bond donors (Lipinski definition) is 1. The number of halogens is 4. The van der Waals surface area contributed by atoms with Gasteiger partial charge in [-0.25, -0.2) is 0 Å². The smallest absolute Gasteiger partial charge is 0.333 e. The molecular weight excluding hydrogens is 325 g/mol. The molecule has 6 nitrogen and oxygen atoms in total. The maximum Gasteiger partial charge on any atom is 0.418 e. The van der Waals surface area contributed by atoms with Crippen molar-refractivity contribution in [3.05, 3.63) is 44.6 Å². The van der Waals surface area contributed by atoms with Crippen LogP contribution in [0.4, 0.5) is 30.4 Å². The van der Waals surface area contributed by atoms with Gasteiger partial charge in [-0.05, 0) is 13.0 Å². The Morgan fingerprint density at radius 3 is 2.45 bits per heavy atom. The zero-order valence-corrected chi connectivity index (χ0v) is 12.2. The number of aryl methyl sites for hydroxylation is 2. The Morgan fingerprint density at radius 1 is 1.36 bits per heavy atom. The van der Waals surface area contributed by atoms with Gasteiger partial charge in [0, 0.05) is 24.9 Å². The first-order chi connectivity index (χ1) is 10.1. The Labute approximate surface area is 127 Å². The summed E-state index contributed by atoms with van der Waals surface area (Å²) >= 11 is 5.59. The number of anilines is 2. The van der Waals surface area contributed by atoms with Gasteiger partial charge in [0.25, 0.3) is 5.69 Å². The molecule has 2 aromatic rings. The van der Waals surface area contributed by atoms with Gasteiger partial charge in [-0.1, -0.05) is 11.6 Å². The number of nitro benzene ring substituents is 1. The van der Waals surface area contributed by atoms with Crippen LogP contribution in [0.25, 0.3) is 0 Å². The van der Waals surface area contributed by atoms with Gasteiger partial charge in [0.05, 0.1) is 15.5 Å². The second-order valence-electron chi connectivity index (χ2n) is 4.52. The van der Waals surface area contributed by atoms with Crippen molar-refractivity contribution in [1.29, 1.82) is 0 Å². The summed E-state index contributed by atoms with van der Waals surface area (Å²) in [6, 6.07) is 2.86. The van der Waals surface area contributed by atoms with Crippen LogP contribution in [-0.2, 0) is 13.2 Å². The fourth-order valence-corrected chi connectivity index (χ4v) is 2.06. The lowest BCUT2D eigenvalue weighted by atomic mass is 10.1. The molecule has 1 aromatic heterocycles. The van der Waals surface area contributed by atoms with Gasteiger partial charge in [-0.2, -0.15) is 18.3 Å². The number of rotatable bonds is 3. The van der Waals surface area contributed by atoms with E-state index in [-0.39, 0.29) is 11.5 Å². The maximum absolute atomic E-state index is 12.8. The van der Waals surface area contributed by atoms with Crippen LogP contribution in [0.5, 0.6) is 0 Å². The van der Waals surface area contributed by atoms with E-state index in [1.807, 2.05) is 0 Å². The van der Waals surface area contributed by atoms with E-state index >= 15 is 0 Å². The van der Waals surface area contributed by atoms with Crippen molar-refractivity contribution < 1.29 is 18.1 Å². The normalized spacial score (nSPS) is 11.5. The number of nitrogens with zero attached hydrogens (tertiary/aromatic N) is 3. The Morgan fingerprint density at radius 2 is 2.00 bits per heavy atom. The van der Waals surface area contributed by atoms with Gasteiger partial charge < -0.3 is 5.32 Å². The average molecular weight is 335 g/mol. The monoisotopic (exact) mass is 334 g/mol. The van der Waals surface area contributed by atoms with Crippen LogP contribution in [0.1, 0.15) is 11.3 Å². The molecule has 2 rings (SSSR count). The first-order valence-corrected chi connectivity index (χ1v) is 6.30. The number of benzene rings is 1. The molecule has 0 aliphatic carbocycles. The Bertz CT molecular complexity index is 723. The summed E-state index contributed by atoms with van der Waals surface area (Å²) in [5.41, 5.74) is -1.40. The zero-order chi connectivity index (χ0) is 16.7. The summed E-state index contributed by atoms with van der Waals surface area (Å²) < 4.78 is 39.8. The molecule has 0 saturated carbocycles. The Hall–Kier alpha value is -2.29. The molecule has 0 saturated heterocycles. The molecule has 22 heavy (non-hydrogen) atoms. The number of aromatic nitrogens is 2. The van der Waals surface area contributed by atoms with Crippen LogP contribution in [0.2, 0.25) is 5.02 Å². The van der Waals surface area contributed by atoms with Gasteiger partial charge in [0.1, 0.15) is 5.69 Å². The quantitative estimate of drug-likeness (QED) is 0.678. The summed E-state index contributed by atoms with van der Waals surface area (Å²) in [6.07, 6.45) is -4.78. The van der Waals surface area contributed by atoms with Crippen molar-refractivity contribution in [2.45, 2.75) is 13.1 Å². The van der Waals surface area contributed by atoms with Gasteiger partial charge in [0.15, 0.2) is 5.82 Å². The largest absolute Gasteiger partial charge is 0.418 e. The molecule has 0 aliphatic heterocycles. The molecule has 0 unspecified atom stereocenters. The molecule has 0 bridgehead atoms. The SMILES string of the molecule is Cc1cc(Nc2cc(Cl)c(C(F)(F)F)cc2[N+](=O)[O-])nn1C. The predicted octanol–water partition coefficient (Wildman–Crippen LogP) is 4.05. The minimum absolute atomic E-state index is 0.166. The second-order valence-corrected chi connectivity index (χ2v) is 4.93. The van der Waals surface area contributed by atoms with Crippen LogP contribution >= 0.6 is 11.6 Å². The molecule has 0 amide bonds. The third kappa shape index (κ3) is 3.14. The van der Waals surface area contributed by atoms with E-state index in [0.717, 1.165) is 11.8 Å². The fourth-order valence-electron chi connectivity index (χ4n) is 1.79. The van der Waals surface area contributed by atoms with E-state index < -0.39 is 27.4 Å². The van der Waals surface area contributed by atoms with E-state index in [9.17, 15) is 23.3 Å². The Balaban J connectivity index is 2.51. The summed E-state index contributed by atoms with van der Waals surface area (Å²) in [5, 5.41) is 17.0. The lowest BCUT2D eigenvalue weighted by Crippen LogP contribution is -2.08. The molecule has 0 spiro atoms. The molecule has 0 atom stereocenters. The predicted molar refractivity (Wildman–Crippen MR) is 74.3 cm³/mol. The van der Waals surface area contributed by atoms with Crippen LogP contribution in [0, 0.1) is 17.0 Å². The van der Waals surface area contributed by atoms with Gasteiger partial charge in [-0.15, -0.1) is 0 Å². The topological polar surface area (TPSA) is 73.0 Å². The van der Waals surface area contributed by atoms with Crippen molar-refractivity contribution in [3.63, 3.8) is 0 Å². The summed E-state index contributed by atoms with van der Waals surface area (Å²) in [5.74, 6) is 0.263. The van der Waals surface area contributed by atoms with Crippen LogP contribution in [0.15, 0.2) is 18.2 Å². The fraction of sp³-hybridized carbons (Fsp3) is 0.250. The van der Waals surface area contributed by atoms with Crippen LogP contribution in [-0.4, -0.2) is 14.7 Å². The minimum atomic E-state index is -4.78. The highest BCUT2D eigenvalue weighted by Gasteiger charge is 2.36. The Kier molecular flexibility index (Phi) is 4.01. The van der Waals surface area contributed by atoms with E-state index in [1.54, 1.807) is 20.0 Å². The minimum Gasteiger partial charge on any atom is -0.333 e. The highest BCUT2D eigenvalue weighted by Crippen LogP contribution is 2.40. The zero-order valence-electron chi connectivity index (χ0n) is 11.4. The average Bonchev–Trinajstić information content (AvgIpc) is 2.66. The van der Waals surface area contributed by atoms with E-state index in [4.69, 9.17) is 11.6 Å². The first-order valence-electron chi connectivity index (χ1n) is 5.92. The second kappa shape index (κ2) is 5.48. The number of nitrogens with one attached hydrogen (secondary N) is 1. The van der Waals surface area contributed by atoms with E-state index in [2.05, 4.69) is 10.4 Å². The summed E-state index contributed by atoms with van der Waals surface area (Å²) in [6.45, 7) is 1.76. The molecule has 0 radical (unpaired) electrons. The number of alkyl halides is 3. The molecular formula is C12H10ClF3N4O2.